The van der Waals surface area contributed by atoms with Crippen LogP contribution < -0.4 is 9.47 Å². The number of rotatable bonds is 11. The van der Waals surface area contributed by atoms with Gasteiger partial charge in [0.05, 0.1) is 13.2 Å². The van der Waals surface area contributed by atoms with E-state index >= 15 is 0 Å². The summed E-state index contributed by atoms with van der Waals surface area (Å²) in [6, 6.07) is 11.7. The highest BCUT2D eigenvalue weighted by atomic mass is 32.2. The lowest BCUT2D eigenvalue weighted by molar-refractivity contribution is 0.314. The Morgan fingerprint density at radius 3 is 2.18 bits per heavy atom. The molecular weight excluding hydrogens is 372 g/mol. The van der Waals surface area contributed by atoms with Gasteiger partial charge in [-0.3, -0.25) is 4.98 Å². The molecule has 0 bridgehead atoms. The van der Waals surface area contributed by atoms with Gasteiger partial charge in [0.1, 0.15) is 11.5 Å². The molecule has 2 heterocycles. The van der Waals surface area contributed by atoms with E-state index < -0.39 is 0 Å². The maximum atomic E-state index is 5.84. The number of nitrogens with zero attached hydrogens (tertiary/aromatic N) is 4. The molecule has 0 unspecified atom stereocenters. The molecule has 0 aliphatic heterocycles. The van der Waals surface area contributed by atoms with E-state index in [1.54, 1.807) is 24.2 Å². The molecule has 2 aromatic heterocycles. The van der Waals surface area contributed by atoms with Crippen LogP contribution in [-0.2, 0) is 6.54 Å². The molecule has 7 heteroatoms. The van der Waals surface area contributed by atoms with Crippen LogP contribution in [0.15, 0.2) is 53.9 Å². The van der Waals surface area contributed by atoms with E-state index in [2.05, 4.69) is 33.6 Å². The third-order valence-corrected chi connectivity index (χ3v) is 4.91. The van der Waals surface area contributed by atoms with Gasteiger partial charge in [0.25, 0.3) is 0 Å². The van der Waals surface area contributed by atoms with Crippen LogP contribution in [0.25, 0.3) is 11.4 Å². The van der Waals surface area contributed by atoms with Crippen molar-refractivity contribution in [2.24, 2.45) is 0 Å². The van der Waals surface area contributed by atoms with E-state index in [0.29, 0.717) is 6.61 Å². The molecule has 6 nitrogen and oxygen atoms in total. The lowest BCUT2D eigenvalue weighted by Gasteiger charge is -2.10. The number of ether oxygens (including phenoxy) is 2. The molecule has 0 aliphatic rings. The van der Waals surface area contributed by atoms with Gasteiger partial charge in [0.2, 0.25) is 0 Å². The topological polar surface area (TPSA) is 62.1 Å². The van der Waals surface area contributed by atoms with Crippen molar-refractivity contribution in [1.29, 1.82) is 0 Å². The summed E-state index contributed by atoms with van der Waals surface area (Å²) in [5.74, 6) is 3.40. The number of hydrogen-bond donors (Lipinski definition) is 0. The Hall–Kier alpha value is -2.54. The Morgan fingerprint density at radius 2 is 1.54 bits per heavy atom. The van der Waals surface area contributed by atoms with Crippen LogP contribution in [0, 0.1) is 0 Å². The molecule has 0 radical (unpaired) electrons. The zero-order chi connectivity index (χ0) is 19.6. The Morgan fingerprint density at radius 1 is 0.857 bits per heavy atom. The Labute approximate surface area is 170 Å². The number of benzene rings is 1. The molecule has 0 fully saturated rings. The van der Waals surface area contributed by atoms with Crippen molar-refractivity contribution in [3.8, 4) is 22.9 Å². The molecule has 1 aromatic carbocycles. The van der Waals surface area contributed by atoms with Crippen LogP contribution >= 0.6 is 11.8 Å². The highest BCUT2D eigenvalue weighted by Gasteiger charge is 2.13. The Kier molecular flexibility index (Phi) is 7.72. The highest BCUT2D eigenvalue weighted by molar-refractivity contribution is 7.99. The van der Waals surface area contributed by atoms with Crippen molar-refractivity contribution in [3.63, 3.8) is 0 Å². The maximum Gasteiger partial charge on any atom is 0.191 e. The van der Waals surface area contributed by atoms with E-state index in [1.165, 1.54) is 0 Å². The zero-order valence-corrected chi connectivity index (χ0v) is 17.2. The minimum Gasteiger partial charge on any atom is -0.494 e. The number of pyridine rings is 1. The van der Waals surface area contributed by atoms with Crippen molar-refractivity contribution in [2.45, 2.75) is 38.4 Å². The molecule has 0 aliphatic carbocycles. The lowest BCUT2D eigenvalue weighted by atomic mass is 10.2. The second-order valence-electron chi connectivity index (χ2n) is 6.21. The fourth-order valence-corrected chi connectivity index (χ4v) is 3.46. The summed E-state index contributed by atoms with van der Waals surface area (Å²) in [6.07, 6.45) is 5.58. The van der Waals surface area contributed by atoms with Crippen molar-refractivity contribution in [1.82, 2.24) is 19.7 Å². The fourth-order valence-electron chi connectivity index (χ4n) is 2.68. The summed E-state index contributed by atoms with van der Waals surface area (Å²) in [5.41, 5.74) is 1.03. The van der Waals surface area contributed by atoms with Crippen LogP contribution in [0.2, 0.25) is 0 Å². The minimum atomic E-state index is 0.601. The van der Waals surface area contributed by atoms with E-state index in [-0.39, 0.29) is 0 Å². The Bertz CT molecular complexity index is 837. The average molecular weight is 399 g/mol. The molecule has 0 spiro atoms. The highest BCUT2D eigenvalue weighted by Crippen LogP contribution is 2.24. The van der Waals surface area contributed by atoms with Crippen LogP contribution in [-0.4, -0.2) is 38.7 Å². The molecule has 0 N–H and O–H groups in total. The molecule has 28 heavy (non-hydrogen) atoms. The van der Waals surface area contributed by atoms with Gasteiger partial charge in [-0.05, 0) is 49.2 Å². The normalized spacial score (nSPS) is 10.8. The predicted molar refractivity (Wildman–Crippen MR) is 112 cm³/mol. The number of thioether (sulfide) groups is 1. The van der Waals surface area contributed by atoms with Crippen molar-refractivity contribution in [3.05, 3.63) is 48.8 Å². The quantitative estimate of drug-likeness (QED) is 0.344. The minimum absolute atomic E-state index is 0.601. The standard InChI is InChI=1S/C21H26N4O2S/c1-3-13-25-20(17-9-11-22-12-10-17)23-24-21(25)28-16-15-27-19-7-5-18(6-8-19)26-14-4-2/h5-12H,3-4,13-16H2,1-2H3. The van der Waals surface area contributed by atoms with E-state index in [9.17, 15) is 0 Å². The van der Waals surface area contributed by atoms with Crippen molar-refractivity contribution < 1.29 is 9.47 Å². The summed E-state index contributed by atoms with van der Waals surface area (Å²) in [5, 5.41) is 9.68. The van der Waals surface area contributed by atoms with Crippen LogP contribution in [0.5, 0.6) is 11.5 Å². The van der Waals surface area contributed by atoms with Crippen LogP contribution in [0.4, 0.5) is 0 Å². The van der Waals surface area contributed by atoms with Gasteiger partial charge in [-0.25, -0.2) is 0 Å². The van der Waals surface area contributed by atoms with Gasteiger partial charge in [-0.2, -0.15) is 0 Å². The van der Waals surface area contributed by atoms with Crippen molar-refractivity contribution in [2.75, 3.05) is 19.0 Å². The first-order valence-corrected chi connectivity index (χ1v) is 10.6. The third kappa shape index (κ3) is 5.48. The number of aromatic nitrogens is 4. The first kappa shape index (κ1) is 20.2. The number of hydrogen-bond acceptors (Lipinski definition) is 6. The second-order valence-corrected chi connectivity index (χ2v) is 7.27. The van der Waals surface area contributed by atoms with E-state index in [0.717, 1.165) is 59.8 Å². The molecule has 0 amide bonds. The second kappa shape index (κ2) is 10.7. The van der Waals surface area contributed by atoms with Crippen molar-refractivity contribution >= 4 is 11.8 Å². The summed E-state index contributed by atoms with van der Waals surface area (Å²) in [7, 11) is 0. The monoisotopic (exact) mass is 398 g/mol. The lowest BCUT2D eigenvalue weighted by Crippen LogP contribution is -2.05. The largest absolute Gasteiger partial charge is 0.494 e. The summed E-state index contributed by atoms with van der Waals surface area (Å²) in [4.78, 5) is 4.08. The van der Waals surface area contributed by atoms with Crippen LogP contribution in [0.1, 0.15) is 26.7 Å². The van der Waals surface area contributed by atoms with E-state index in [4.69, 9.17) is 9.47 Å². The molecule has 3 aromatic rings. The zero-order valence-electron chi connectivity index (χ0n) is 16.4. The molecule has 0 atom stereocenters. The first-order valence-electron chi connectivity index (χ1n) is 9.64. The van der Waals surface area contributed by atoms with Gasteiger partial charge < -0.3 is 14.0 Å². The molecule has 3 rings (SSSR count). The summed E-state index contributed by atoms with van der Waals surface area (Å²) in [6.45, 7) is 6.46. The first-order chi connectivity index (χ1) is 13.8. The molecular formula is C21H26N4O2S. The Balaban J connectivity index is 1.54. The molecule has 148 valence electrons. The summed E-state index contributed by atoms with van der Waals surface area (Å²) >= 11 is 1.66. The third-order valence-electron chi connectivity index (χ3n) is 3.98. The molecule has 0 saturated heterocycles. The van der Waals surface area contributed by atoms with Gasteiger partial charge in [0.15, 0.2) is 11.0 Å². The maximum absolute atomic E-state index is 5.84. The SMILES string of the molecule is CCCOc1ccc(OCCSc2nnc(-c3ccncc3)n2CCC)cc1. The van der Waals surface area contributed by atoms with Gasteiger partial charge in [-0.1, -0.05) is 25.6 Å². The fraction of sp³-hybridized carbons (Fsp3) is 0.381. The van der Waals surface area contributed by atoms with Crippen LogP contribution in [0.3, 0.4) is 0 Å². The van der Waals surface area contributed by atoms with Gasteiger partial charge in [-0.15, -0.1) is 10.2 Å². The average Bonchev–Trinajstić information content (AvgIpc) is 3.14. The van der Waals surface area contributed by atoms with Gasteiger partial charge >= 0.3 is 0 Å². The summed E-state index contributed by atoms with van der Waals surface area (Å²) < 4.78 is 13.6. The van der Waals surface area contributed by atoms with E-state index in [1.807, 2.05) is 36.4 Å². The molecule has 0 saturated carbocycles. The predicted octanol–water partition coefficient (Wildman–Crippen LogP) is 4.71. The van der Waals surface area contributed by atoms with Gasteiger partial charge in [0, 0.05) is 30.3 Å². The smallest absolute Gasteiger partial charge is 0.191 e.